The fourth-order valence-electron chi connectivity index (χ4n) is 1.67. The lowest BCUT2D eigenvalue weighted by Crippen LogP contribution is -2.12. The minimum absolute atomic E-state index is 0.280. The van der Waals surface area contributed by atoms with E-state index in [0.717, 1.165) is 5.56 Å². The van der Waals surface area contributed by atoms with Gasteiger partial charge in [-0.05, 0) is 42.8 Å². The normalized spacial score (nSPS) is 9.85. The fraction of sp³-hybridized carbons (Fsp3) is 0.0667. The maximum atomic E-state index is 12.1. The molecule has 0 spiro atoms. The van der Waals surface area contributed by atoms with E-state index in [9.17, 15) is 4.79 Å². The maximum absolute atomic E-state index is 12.1. The topological polar surface area (TPSA) is 78.9 Å². The molecule has 2 aromatic rings. The predicted molar refractivity (Wildman–Crippen MR) is 79.7 cm³/mol. The molecular formula is C15H12ClN3O. The van der Waals surface area contributed by atoms with E-state index >= 15 is 0 Å². The first kappa shape index (κ1) is 13.9. The summed E-state index contributed by atoms with van der Waals surface area (Å²) in [7, 11) is 0. The van der Waals surface area contributed by atoms with E-state index in [0.29, 0.717) is 27.5 Å². The van der Waals surface area contributed by atoms with Gasteiger partial charge in [0, 0.05) is 16.9 Å². The Bertz CT molecular complexity index is 720. The number of benzene rings is 2. The van der Waals surface area contributed by atoms with Crippen molar-refractivity contribution in [1.82, 2.24) is 0 Å². The third-order valence-corrected chi connectivity index (χ3v) is 3.20. The molecule has 0 aromatic heterocycles. The van der Waals surface area contributed by atoms with Gasteiger partial charge in [0.1, 0.15) is 6.07 Å². The summed E-state index contributed by atoms with van der Waals surface area (Å²) in [6.07, 6.45) is 0. The minimum atomic E-state index is -0.280. The lowest BCUT2D eigenvalue weighted by molar-refractivity contribution is 0.102. The predicted octanol–water partition coefficient (Wildman–Crippen LogP) is 3.35. The van der Waals surface area contributed by atoms with Crippen molar-refractivity contribution in [1.29, 1.82) is 5.26 Å². The Hall–Kier alpha value is -2.51. The number of nitriles is 1. The molecule has 4 nitrogen and oxygen atoms in total. The summed E-state index contributed by atoms with van der Waals surface area (Å²) < 4.78 is 0. The molecule has 0 aliphatic heterocycles. The van der Waals surface area contributed by atoms with E-state index in [1.54, 1.807) is 30.3 Å². The Morgan fingerprint density at radius 3 is 2.65 bits per heavy atom. The van der Waals surface area contributed by atoms with Gasteiger partial charge in [0.05, 0.1) is 10.6 Å². The van der Waals surface area contributed by atoms with Crippen LogP contribution < -0.4 is 11.1 Å². The van der Waals surface area contributed by atoms with Crippen LogP contribution in [0.4, 0.5) is 11.4 Å². The van der Waals surface area contributed by atoms with Crippen LogP contribution in [-0.2, 0) is 0 Å². The average Bonchev–Trinajstić information content (AvgIpc) is 2.42. The Labute approximate surface area is 121 Å². The Kier molecular flexibility index (Phi) is 3.92. The number of hydrogen-bond donors (Lipinski definition) is 2. The van der Waals surface area contributed by atoms with Gasteiger partial charge >= 0.3 is 0 Å². The van der Waals surface area contributed by atoms with Crippen molar-refractivity contribution in [2.45, 2.75) is 6.92 Å². The number of nitrogen functional groups attached to an aromatic ring is 1. The van der Waals surface area contributed by atoms with Crippen LogP contribution in [0.3, 0.4) is 0 Å². The molecular weight excluding hydrogens is 274 g/mol. The van der Waals surface area contributed by atoms with Crippen LogP contribution in [0, 0.1) is 18.3 Å². The molecule has 2 aromatic carbocycles. The Balaban J connectivity index is 2.21. The van der Waals surface area contributed by atoms with Crippen LogP contribution in [0.25, 0.3) is 0 Å². The monoisotopic (exact) mass is 285 g/mol. The lowest BCUT2D eigenvalue weighted by atomic mass is 10.1. The van der Waals surface area contributed by atoms with Gasteiger partial charge < -0.3 is 11.1 Å². The van der Waals surface area contributed by atoms with Gasteiger partial charge in [-0.15, -0.1) is 0 Å². The fourth-order valence-corrected chi connectivity index (χ4v) is 1.89. The number of anilines is 2. The third kappa shape index (κ3) is 2.90. The first-order valence-corrected chi connectivity index (χ1v) is 6.26. The van der Waals surface area contributed by atoms with Crippen LogP contribution in [0.5, 0.6) is 0 Å². The van der Waals surface area contributed by atoms with E-state index in [-0.39, 0.29) is 5.91 Å². The molecule has 0 heterocycles. The van der Waals surface area contributed by atoms with Crippen molar-refractivity contribution in [3.05, 3.63) is 58.1 Å². The van der Waals surface area contributed by atoms with E-state index in [2.05, 4.69) is 5.32 Å². The molecule has 2 rings (SSSR count). The minimum Gasteiger partial charge on any atom is -0.398 e. The number of nitrogens with zero attached hydrogens (tertiary/aromatic N) is 1. The first-order valence-electron chi connectivity index (χ1n) is 5.88. The van der Waals surface area contributed by atoms with E-state index < -0.39 is 0 Å². The molecule has 1 amide bonds. The van der Waals surface area contributed by atoms with E-state index in [1.807, 2.05) is 13.0 Å². The van der Waals surface area contributed by atoms with Crippen LogP contribution in [0.15, 0.2) is 36.4 Å². The summed E-state index contributed by atoms with van der Waals surface area (Å²) in [6, 6.07) is 11.8. The van der Waals surface area contributed by atoms with Crippen LogP contribution in [-0.4, -0.2) is 5.91 Å². The number of carbonyl (C=O) groups excluding carboxylic acids is 1. The summed E-state index contributed by atoms with van der Waals surface area (Å²) in [5.74, 6) is -0.280. The molecule has 0 saturated heterocycles. The van der Waals surface area contributed by atoms with Crippen molar-refractivity contribution < 1.29 is 4.79 Å². The summed E-state index contributed by atoms with van der Waals surface area (Å²) in [5, 5.41) is 11.8. The summed E-state index contributed by atoms with van der Waals surface area (Å²) >= 11 is 5.91. The van der Waals surface area contributed by atoms with Crippen LogP contribution in [0.2, 0.25) is 5.02 Å². The SMILES string of the molecule is Cc1ccc(C(=O)Nc2ccc(C#N)c(Cl)c2)cc1N. The second kappa shape index (κ2) is 5.64. The zero-order valence-corrected chi connectivity index (χ0v) is 11.5. The van der Waals surface area contributed by atoms with Crippen molar-refractivity contribution >= 4 is 28.9 Å². The quantitative estimate of drug-likeness (QED) is 0.831. The number of amides is 1. The number of aryl methyl sites for hydroxylation is 1. The molecule has 0 saturated carbocycles. The number of nitrogens with one attached hydrogen (secondary N) is 1. The number of nitrogens with two attached hydrogens (primary N) is 1. The Morgan fingerprint density at radius 2 is 2.05 bits per heavy atom. The summed E-state index contributed by atoms with van der Waals surface area (Å²) in [5.41, 5.74) is 8.62. The van der Waals surface area contributed by atoms with Gasteiger partial charge in [0.15, 0.2) is 0 Å². The molecule has 5 heteroatoms. The van der Waals surface area contributed by atoms with E-state index in [4.69, 9.17) is 22.6 Å². The smallest absolute Gasteiger partial charge is 0.255 e. The highest BCUT2D eigenvalue weighted by Gasteiger charge is 2.08. The van der Waals surface area contributed by atoms with Gasteiger partial charge in [-0.3, -0.25) is 4.79 Å². The number of halogens is 1. The molecule has 0 aliphatic carbocycles. The molecule has 0 aliphatic rings. The molecule has 20 heavy (non-hydrogen) atoms. The lowest BCUT2D eigenvalue weighted by Gasteiger charge is -2.08. The molecule has 100 valence electrons. The summed E-state index contributed by atoms with van der Waals surface area (Å²) in [6.45, 7) is 1.87. The molecule has 0 radical (unpaired) electrons. The molecule has 0 atom stereocenters. The number of hydrogen-bond acceptors (Lipinski definition) is 3. The maximum Gasteiger partial charge on any atom is 0.255 e. The van der Waals surface area contributed by atoms with Crippen molar-refractivity contribution in [2.75, 3.05) is 11.1 Å². The van der Waals surface area contributed by atoms with Gasteiger partial charge in [0.2, 0.25) is 0 Å². The van der Waals surface area contributed by atoms with Crippen LogP contribution in [0.1, 0.15) is 21.5 Å². The zero-order valence-electron chi connectivity index (χ0n) is 10.8. The standard InChI is InChI=1S/C15H12ClN3O/c1-9-2-3-10(6-14(9)18)15(20)19-12-5-4-11(8-17)13(16)7-12/h2-7H,18H2,1H3,(H,19,20). The van der Waals surface area contributed by atoms with Crippen molar-refractivity contribution in [2.24, 2.45) is 0 Å². The second-order valence-electron chi connectivity index (χ2n) is 4.33. The van der Waals surface area contributed by atoms with Gasteiger partial charge in [-0.25, -0.2) is 0 Å². The van der Waals surface area contributed by atoms with Gasteiger partial charge in [-0.1, -0.05) is 17.7 Å². The van der Waals surface area contributed by atoms with Gasteiger partial charge in [0.25, 0.3) is 5.91 Å². The highest BCUT2D eigenvalue weighted by Crippen LogP contribution is 2.21. The molecule has 3 N–H and O–H groups in total. The number of carbonyl (C=O) groups is 1. The third-order valence-electron chi connectivity index (χ3n) is 2.89. The molecule has 0 unspecified atom stereocenters. The molecule has 0 fully saturated rings. The second-order valence-corrected chi connectivity index (χ2v) is 4.74. The van der Waals surface area contributed by atoms with Crippen molar-refractivity contribution in [3.8, 4) is 6.07 Å². The largest absolute Gasteiger partial charge is 0.398 e. The summed E-state index contributed by atoms with van der Waals surface area (Å²) in [4.78, 5) is 12.1. The van der Waals surface area contributed by atoms with Crippen LogP contribution >= 0.6 is 11.6 Å². The van der Waals surface area contributed by atoms with Gasteiger partial charge in [-0.2, -0.15) is 5.26 Å². The Morgan fingerprint density at radius 1 is 1.30 bits per heavy atom. The highest BCUT2D eigenvalue weighted by molar-refractivity contribution is 6.32. The average molecular weight is 286 g/mol. The zero-order chi connectivity index (χ0) is 14.7. The first-order chi connectivity index (χ1) is 9.51. The van der Waals surface area contributed by atoms with Crippen molar-refractivity contribution in [3.63, 3.8) is 0 Å². The molecule has 0 bridgehead atoms. The number of rotatable bonds is 2. The van der Waals surface area contributed by atoms with E-state index in [1.165, 1.54) is 6.07 Å². The highest BCUT2D eigenvalue weighted by atomic mass is 35.5.